The lowest BCUT2D eigenvalue weighted by Crippen LogP contribution is -2.32. The van der Waals surface area contributed by atoms with E-state index < -0.39 is 17.8 Å². The lowest BCUT2D eigenvalue weighted by Gasteiger charge is -2.13. The maximum absolute atomic E-state index is 13.4. The minimum atomic E-state index is -1.24. The highest BCUT2D eigenvalue weighted by Crippen LogP contribution is 2.37. The van der Waals surface area contributed by atoms with Crippen molar-refractivity contribution in [3.05, 3.63) is 21.9 Å². The molecule has 94 valence electrons. The highest BCUT2D eigenvalue weighted by atomic mass is 79.9. The molecular weight excluding hydrogens is 297 g/mol. The summed E-state index contributed by atoms with van der Waals surface area (Å²) < 4.78 is 18.2. The molecule has 0 spiro atoms. The van der Waals surface area contributed by atoms with Crippen molar-refractivity contribution in [3.63, 3.8) is 0 Å². The highest BCUT2D eigenvalue weighted by Gasteiger charge is 2.21. The molecule has 4 N–H and O–H groups in total. The van der Waals surface area contributed by atoms with Crippen molar-refractivity contribution in [3.8, 4) is 11.5 Å². The summed E-state index contributed by atoms with van der Waals surface area (Å²) in [5.74, 6) is -2.29. The van der Waals surface area contributed by atoms with Gasteiger partial charge in [-0.25, -0.2) is 4.39 Å². The topological polar surface area (TPSA) is 92.8 Å². The Balaban J connectivity index is 3.22. The summed E-state index contributed by atoms with van der Waals surface area (Å²) in [6, 6.07) is -0.237. The first-order chi connectivity index (χ1) is 7.88. The second kappa shape index (κ2) is 5.33. The summed E-state index contributed by atoms with van der Waals surface area (Å²) in [5.41, 5.74) is 5.40. The van der Waals surface area contributed by atoms with E-state index in [1.54, 1.807) is 0 Å². The maximum Gasteiger partial charge on any atom is 0.320 e. The smallest absolute Gasteiger partial charge is 0.320 e. The first kappa shape index (κ1) is 13.7. The summed E-state index contributed by atoms with van der Waals surface area (Å²) in [5, 5.41) is 18.4. The Bertz CT molecular complexity index is 452. The van der Waals surface area contributed by atoms with E-state index in [1.165, 1.54) is 7.11 Å². The summed E-state index contributed by atoms with van der Waals surface area (Å²) >= 11 is 2.93. The Hall–Kier alpha value is -1.34. The summed E-state index contributed by atoms with van der Waals surface area (Å²) in [6.07, 6.45) is -0.212. The zero-order valence-electron chi connectivity index (χ0n) is 8.91. The van der Waals surface area contributed by atoms with Gasteiger partial charge in [-0.05, 0) is 15.9 Å². The number of rotatable bonds is 4. The van der Waals surface area contributed by atoms with Crippen LogP contribution in [-0.2, 0) is 11.2 Å². The van der Waals surface area contributed by atoms with Gasteiger partial charge in [0.1, 0.15) is 11.9 Å². The van der Waals surface area contributed by atoms with Gasteiger partial charge in [-0.1, -0.05) is 0 Å². The number of phenols is 1. The minimum Gasteiger partial charge on any atom is -0.504 e. The van der Waals surface area contributed by atoms with Crippen LogP contribution in [0.2, 0.25) is 0 Å². The van der Waals surface area contributed by atoms with Crippen molar-refractivity contribution in [2.45, 2.75) is 12.5 Å². The van der Waals surface area contributed by atoms with Crippen molar-refractivity contribution in [1.29, 1.82) is 0 Å². The number of phenolic OH excluding ortho intramolecular Hbond substituents is 1. The zero-order valence-corrected chi connectivity index (χ0v) is 10.5. The van der Waals surface area contributed by atoms with E-state index in [-0.39, 0.29) is 28.0 Å². The van der Waals surface area contributed by atoms with Crippen LogP contribution in [0, 0.1) is 5.82 Å². The average molecular weight is 308 g/mol. The Morgan fingerprint density at radius 1 is 1.71 bits per heavy atom. The van der Waals surface area contributed by atoms with E-state index in [0.717, 1.165) is 6.07 Å². The molecule has 0 bridgehead atoms. The Morgan fingerprint density at radius 2 is 2.29 bits per heavy atom. The number of carboxylic acids is 1. The minimum absolute atomic E-state index is 0.0208. The quantitative estimate of drug-likeness (QED) is 0.778. The SMILES string of the molecule is COc1cc(F)c(Br)c(CC(N)C(=O)O)c1O. The van der Waals surface area contributed by atoms with Crippen LogP contribution in [-0.4, -0.2) is 29.3 Å². The number of aliphatic carboxylic acids is 1. The number of ether oxygens (including phenoxy) is 1. The van der Waals surface area contributed by atoms with Crippen LogP contribution in [0.4, 0.5) is 4.39 Å². The molecule has 0 fully saturated rings. The fourth-order valence-corrected chi connectivity index (χ4v) is 1.76. The number of hydrogen-bond donors (Lipinski definition) is 3. The van der Waals surface area contributed by atoms with Crippen LogP contribution in [0.3, 0.4) is 0 Å². The second-order valence-electron chi connectivity index (χ2n) is 3.35. The van der Waals surface area contributed by atoms with Crippen molar-refractivity contribution in [1.82, 2.24) is 0 Å². The van der Waals surface area contributed by atoms with E-state index in [4.69, 9.17) is 15.6 Å². The zero-order chi connectivity index (χ0) is 13.2. The lowest BCUT2D eigenvalue weighted by atomic mass is 10.0. The van der Waals surface area contributed by atoms with Gasteiger partial charge in [0, 0.05) is 18.1 Å². The number of nitrogens with two attached hydrogens (primary N) is 1. The molecule has 0 amide bonds. The highest BCUT2D eigenvalue weighted by molar-refractivity contribution is 9.10. The molecule has 0 aliphatic heterocycles. The van der Waals surface area contributed by atoms with E-state index in [2.05, 4.69) is 15.9 Å². The molecule has 0 saturated heterocycles. The standard InChI is InChI=1S/C10H11BrFNO4/c1-17-7-3-5(12)8(11)4(9(7)14)2-6(13)10(15)16/h3,6,14H,2,13H2,1H3,(H,15,16). The molecule has 1 rings (SSSR count). The van der Waals surface area contributed by atoms with Gasteiger partial charge in [-0.15, -0.1) is 0 Å². The van der Waals surface area contributed by atoms with Crippen LogP contribution in [0.5, 0.6) is 11.5 Å². The Labute approximate surface area is 105 Å². The molecule has 0 heterocycles. The van der Waals surface area contributed by atoms with Crippen molar-refractivity contribution in [2.75, 3.05) is 7.11 Å². The molecule has 0 aromatic heterocycles. The number of methoxy groups -OCH3 is 1. The van der Waals surface area contributed by atoms with E-state index in [1.807, 2.05) is 0 Å². The van der Waals surface area contributed by atoms with Crippen LogP contribution < -0.4 is 10.5 Å². The molecular formula is C10H11BrFNO4. The van der Waals surface area contributed by atoms with Crippen LogP contribution in [0.1, 0.15) is 5.56 Å². The summed E-state index contributed by atoms with van der Waals surface area (Å²) in [7, 11) is 1.27. The normalized spacial score (nSPS) is 12.2. The molecule has 1 atom stereocenters. The van der Waals surface area contributed by atoms with Crippen molar-refractivity contribution >= 4 is 21.9 Å². The largest absolute Gasteiger partial charge is 0.504 e. The van der Waals surface area contributed by atoms with Gasteiger partial charge in [0.2, 0.25) is 0 Å². The second-order valence-corrected chi connectivity index (χ2v) is 4.14. The molecule has 1 aromatic rings. The lowest BCUT2D eigenvalue weighted by molar-refractivity contribution is -0.138. The van der Waals surface area contributed by atoms with Gasteiger partial charge in [0.15, 0.2) is 11.5 Å². The Morgan fingerprint density at radius 3 is 2.76 bits per heavy atom. The number of carbonyl (C=O) groups is 1. The third-order valence-corrected chi connectivity index (χ3v) is 3.07. The third-order valence-electron chi connectivity index (χ3n) is 2.21. The molecule has 5 nitrogen and oxygen atoms in total. The molecule has 17 heavy (non-hydrogen) atoms. The van der Waals surface area contributed by atoms with Gasteiger partial charge in [0.25, 0.3) is 0 Å². The van der Waals surface area contributed by atoms with E-state index in [0.29, 0.717) is 0 Å². The first-order valence-corrected chi connectivity index (χ1v) is 5.40. The maximum atomic E-state index is 13.4. The molecule has 0 radical (unpaired) electrons. The fraction of sp³-hybridized carbons (Fsp3) is 0.300. The third kappa shape index (κ3) is 2.86. The van der Waals surface area contributed by atoms with Gasteiger partial charge in [-0.2, -0.15) is 0 Å². The number of carboxylic acid groups (broad SMARTS) is 1. The molecule has 1 unspecified atom stereocenters. The van der Waals surface area contributed by atoms with Gasteiger partial charge < -0.3 is 20.7 Å². The van der Waals surface area contributed by atoms with Crippen molar-refractivity contribution in [2.24, 2.45) is 5.73 Å². The predicted molar refractivity (Wildman–Crippen MR) is 61.6 cm³/mol. The monoisotopic (exact) mass is 307 g/mol. The van der Waals surface area contributed by atoms with E-state index >= 15 is 0 Å². The number of hydrogen-bond acceptors (Lipinski definition) is 4. The van der Waals surface area contributed by atoms with Crippen LogP contribution in [0.25, 0.3) is 0 Å². The van der Waals surface area contributed by atoms with Crippen LogP contribution in [0.15, 0.2) is 10.5 Å². The van der Waals surface area contributed by atoms with Crippen LogP contribution >= 0.6 is 15.9 Å². The summed E-state index contributed by atoms with van der Waals surface area (Å²) in [4.78, 5) is 10.6. The average Bonchev–Trinajstić information content (AvgIpc) is 2.28. The summed E-state index contributed by atoms with van der Waals surface area (Å²) in [6.45, 7) is 0. The van der Waals surface area contributed by atoms with Gasteiger partial charge in [0.05, 0.1) is 11.6 Å². The van der Waals surface area contributed by atoms with E-state index in [9.17, 15) is 14.3 Å². The van der Waals surface area contributed by atoms with Gasteiger partial charge >= 0.3 is 5.97 Å². The van der Waals surface area contributed by atoms with Crippen molar-refractivity contribution < 1.29 is 24.1 Å². The Kier molecular flexibility index (Phi) is 4.30. The molecule has 0 aliphatic carbocycles. The number of aromatic hydroxyl groups is 1. The van der Waals surface area contributed by atoms with Gasteiger partial charge in [-0.3, -0.25) is 4.79 Å². The first-order valence-electron chi connectivity index (χ1n) is 4.60. The molecule has 1 aromatic carbocycles. The predicted octanol–water partition coefficient (Wildman–Crippen LogP) is 1.26. The number of benzene rings is 1. The molecule has 7 heteroatoms. The number of halogens is 2. The molecule has 0 saturated carbocycles. The molecule has 0 aliphatic rings. The fourth-order valence-electron chi connectivity index (χ4n) is 1.29.